The van der Waals surface area contributed by atoms with Gasteiger partial charge in [-0.2, -0.15) is 0 Å². The van der Waals surface area contributed by atoms with Crippen LogP contribution in [0.2, 0.25) is 0 Å². The minimum atomic E-state index is -0.625. The summed E-state index contributed by atoms with van der Waals surface area (Å²) in [5.41, 5.74) is 13.2. The minimum Gasteiger partial charge on any atom is -0.383 e. The van der Waals surface area contributed by atoms with Crippen LogP contribution in [0.3, 0.4) is 0 Å². The van der Waals surface area contributed by atoms with Crippen molar-refractivity contribution < 1.29 is 9.59 Å². The highest BCUT2D eigenvalue weighted by Gasteiger charge is 2.28. The summed E-state index contributed by atoms with van der Waals surface area (Å²) in [4.78, 5) is 30.0. The number of amides is 2. The number of aryl methyl sites for hydroxylation is 1. The average molecular weight is 344 g/mol. The number of hydrogen-bond donors (Lipinski definition) is 2. The molecule has 3 rings (SSSR count). The zero-order valence-electron chi connectivity index (χ0n) is 14.6. The number of nitrogens with two attached hydrogens (primary N) is 2. The molecule has 134 valence electrons. The van der Waals surface area contributed by atoms with Crippen molar-refractivity contribution in [3.63, 3.8) is 0 Å². The van der Waals surface area contributed by atoms with Crippen molar-refractivity contribution >= 4 is 17.6 Å². The van der Waals surface area contributed by atoms with E-state index in [2.05, 4.69) is 11.9 Å². The summed E-state index contributed by atoms with van der Waals surface area (Å²) in [6.07, 6.45) is 5.83. The van der Waals surface area contributed by atoms with Crippen LogP contribution in [-0.2, 0) is 13.5 Å². The molecule has 4 N–H and O–H groups in total. The van der Waals surface area contributed by atoms with E-state index in [1.807, 2.05) is 28.8 Å². The van der Waals surface area contributed by atoms with Crippen LogP contribution in [0.25, 0.3) is 0 Å². The van der Waals surface area contributed by atoms with Crippen LogP contribution in [0.15, 0.2) is 18.6 Å². The third kappa shape index (κ3) is 2.99. The Morgan fingerprint density at radius 2 is 2.00 bits per heavy atom. The number of nitrogens with zero attached hydrogens (tertiary/aromatic N) is 4. The molecule has 25 heavy (non-hydrogen) atoms. The third-order valence-corrected chi connectivity index (χ3v) is 4.98. The maximum atomic E-state index is 12.8. The van der Waals surface area contributed by atoms with Gasteiger partial charge < -0.3 is 25.5 Å². The van der Waals surface area contributed by atoms with Gasteiger partial charge in [0.25, 0.3) is 11.8 Å². The van der Waals surface area contributed by atoms with Gasteiger partial charge in [0.05, 0.1) is 11.9 Å². The van der Waals surface area contributed by atoms with Crippen molar-refractivity contribution in [1.29, 1.82) is 0 Å². The molecule has 3 heterocycles. The number of carbonyl (C=O) groups excluding carboxylic acids is 2. The van der Waals surface area contributed by atoms with Crippen molar-refractivity contribution in [2.24, 2.45) is 12.8 Å². The summed E-state index contributed by atoms with van der Waals surface area (Å²) in [7, 11) is 1.96. The number of aromatic nitrogens is 3. The molecule has 2 aromatic rings. The maximum Gasteiger partial charge on any atom is 0.271 e. The normalized spacial score (nSPS) is 15.5. The van der Waals surface area contributed by atoms with Crippen LogP contribution >= 0.6 is 0 Å². The van der Waals surface area contributed by atoms with Gasteiger partial charge in [0.15, 0.2) is 5.69 Å². The maximum absolute atomic E-state index is 12.8. The summed E-state index contributed by atoms with van der Waals surface area (Å²) in [6.45, 7) is 3.34. The predicted molar refractivity (Wildman–Crippen MR) is 94.1 cm³/mol. The van der Waals surface area contributed by atoms with Gasteiger partial charge in [-0.15, -0.1) is 0 Å². The monoisotopic (exact) mass is 344 g/mol. The zero-order valence-corrected chi connectivity index (χ0v) is 14.6. The predicted octanol–water partition coefficient (Wildman–Crippen LogP) is 0.942. The van der Waals surface area contributed by atoms with Gasteiger partial charge in [0.2, 0.25) is 0 Å². The average Bonchev–Trinajstić information content (AvgIpc) is 3.17. The Hall–Kier alpha value is -2.77. The Bertz CT molecular complexity index is 798. The fraction of sp³-hybridized carbons (Fsp3) is 0.471. The summed E-state index contributed by atoms with van der Waals surface area (Å²) < 4.78 is 3.79. The Labute approximate surface area is 146 Å². The molecule has 8 nitrogen and oxygen atoms in total. The van der Waals surface area contributed by atoms with Crippen molar-refractivity contribution in [3.05, 3.63) is 35.5 Å². The first-order valence-electron chi connectivity index (χ1n) is 8.49. The van der Waals surface area contributed by atoms with Crippen LogP contribution in [0.5, 0.6) is 0 Å². The first kappa shape index (κ1) is 17.1. The molecule has 1 aliphatic rings. The largest absolute Gasteiger partial charge is 0.383 e. The number of anilines is 1. The number of piperidine rings is 1. The molecule has 0 aromatic carbocycles. The first-order valence-corrected chi connectivity index (χ1v) is 8.49. The molecule has 2 aromatic heterocycles. The fourth-order valence-corrected chi connectivity index (χ4v) is 3.57. The van der Waals surface area contributed by atoms with E-state index in [1.165, 1.54) is 0 Å². The highest BCUT2D eigenvalue weighted by Crippen LogP contribution is 2.27. The van der Waals surface area contributed by atoms with Crippen molar-refractivity contribution in [3.8, 4) is 0 Å². The smallest absolute Gasteiger partial charge is 0.271 e. The first-order chi connectivity index (χ1) is 11.9. The molecular weight excluding hydrogens is 320 g/mol. The fourth-order valence-electron chi connectivity index (χ4n) is 3.57. The van der Waals surface area contributed by atoms with Crippen LogP contribution in [0, 0.1) is 0 Å². The van der Waals surface area contributed by atoms with Crippen LogP contribution in [-0.4, -0.2) is 43.9 Å². The number of hydrogen-bond acceptors (Lipinski definition) is 4. The van der Waals surface area contributed by atoms with Gasteiger partial charge >= 0.3 is 0 Å². The molecule has 2 amide bonds. The number of likely N-dealkylation sites (tertiary alicyclic amines) is 1. The van der Waals surface area contributed by atoms with E-state index < -0.39 is 5.91 Å². The van der Waals surface area contributed by atoms with Crippen LogP contribution in [0.4, 0.5) is 5.82 Å². The lowest BCUT2D eigenvalue weighted by Crippen LogP contribution is -2.39. The zero-order chi connectivity index (χ0) is 18.1. The van der Waals surface area contributed by atoms with E-state index in [9.17, 15) is 9.59 Å². The van der Waals surface area contributed by atoms with Gasteiger partial charge in [-0.05, 0) is 25.3 Å². The number of rotatable bonds is 4. The topological polar surface area (TPSA) is 112 Å². The van der Waals surface area contributed by atoms with E-state index in [4.69, 9.17) is 11.5 Å². The molecule has 0 unspecified atom stereocenters. The van der Waals surface area contributed by atoms with Gasteiger partial charge in [-0.3, -0.25) is 9.59 Å². The highest BCUT2D eigenvalue weighted by molar-refractivity contribution is 5.96. The van der Waals surface area contributed by atoms with Gasteiger partial charge in [-0.1, -0.05) is 6.92 Å². The van der Waals surface area contributed by atoms with Crippen LogP contribution in [0.1, 0.15) is 52.3 Å². The number of carbonyl (C=O) groups is 2. The molecule has 1 fully saturated rings. The minimum absolute atomic E-state index is 0.0762. The molecule has 0 aliphatic carbocycles. The second-order valence-corrected chi connectivity index (χ2v) is 6.41. The quantitative estimate of drug-likeness (QED) is 0.859. The molecule has 1 aliphatic heterocycles. The summed E-state index contributed by atoms with van der Waals surface area (Å²) in [5, 5.41) is 0. The number of primary amides is 1. The second kappa shape index (κ2) is 6.62. The Balaban J connectivity index is 1.69. The van der Waals surface area contributed by atoms with Gasteiger partial charge in [0.1, 0.15) is 5.82 Å². The second-order valence-electron chi connectivity index (χ2n) is 6.41. The van der Waals surface area contributed by atoms with Gasteiger partial charge in [-0.25, -0.2) is 4.98 Å². The number of imidazole rings is 1. The summed E-state index contributed by atoms with van der Waals surface area (Å²) in [5.74, 6) is -0.249. The highest BCUT2D eigenvalue weighted by atomic mass is 16.2. The molecule has 0 radical (unpaired) electrons. The SMILES string of the molecule is CCc1c(C(=O)N2CCC(n3cnc(C(N)=O)c3N)CC2)ccn1C. The molecular formula is C17H24N6O2. The van der Waals surface area contributed by atoms with Crippen molar-refractivity contribution in [2.75, 3.05) is 18.8 Å². The summed E-state index contributed by atoms with van der Waals surface area (Å²) >= 11 is 0. The molecule has 0 saturated carbocycles. The molecule has 8 heteroatoms. The third-order valence-electron chi connectivity index (χ3n) is 4.98. The molecule has 0 atom stereocenters. The summed E-state index contributed by atoms with van der Waals surface area (Å²) in [6, 6.07) is 2.01. The lowest BCUT2D eigenvalue weighted by atomic mass is 10.0. The van der Waals surface area contributed by atoms with E-state index in [1.54, 1.807) is 10.9 Å². The Morgan fingerprint density at radius 3 is 2.56 bits per heavy atom. The lowest BCUT2D eigenvalue weighted by Gasteiger charge is -2.33. The van der Waals surface area contributed by atoms with E-state index in [0.29, 0.717) is 18.9 Å². The van der Waals surface area contributed by atoms with E-state index in [-0.39, 0.29) is 17.6 Å². The molecule has 0 bridgehead atoms. The Kier molecular flexibility index (Phi) is 4.52. The standard InChI is InChI=1S/C17H24N6O2/c1-3-13-12(6-7-21(13)2)17(25)22-8-4-11(5-9-22)23-10-20-14(15(23)18)16(19)24/h6-7,10-11H,3-5,8-9,18H2,1-2H3,(H2,19,24). The van der Waals surface area contributed by atoms with E-state index in [0.717, 1.165) is 30.5 Å². The van der Waals surface area contributed by atoms with Crippen molar-refractivity contribution in [1.82, 2.24) is 19.0 Å². The number of nitrogen functional groups attached to an aromatic ring is 1. The van der Waals surface area contributed by atoms with Gasteiger partial charge in [0, 0.05) is 38.1 Å². The van der Waals surface area contributed by atoms with Crippen molar-refractivity contribution in [2.45, 2.75) is 32.2 Å². The van der Waals surface area contributed by atoms with E-state index >= 15 is 0 Å². The lowest BCUT2D eigenvalue weighted by molar-refractivity contribution is 0.0694. The molecule has 1 saturated heterocycles. The van der Waals surface area contributed by atoms with Crippen LogP contribution < -0.4 is 11.5 Å². The molecule has 0 spiro atoms. The Morgan fingerprint density at radius 1 is 1.32 bits per heavy atom.